The van der Waals surface area contributed by atoms with Crippen LogP contribution >= 0.6 is 0 Å². The molecule has 1 aliphatic rings. The van der Waals surface area contributed by atoms with E-state index in [1.807, 2.05) is 0 Å². The predicted octanol–water partition coefficient (Wildman–Crippen LogP) is 2.35. The van der Waals surface area contributed by atoms with E-state index in [1.165, 1.54) is 24.3 Å². The molecule has 1 aliphatic heterocycles. The van der Waals surface area contributed by atoms with Gasteiger partial charge in [-0.05, 0) is 37.1 Å². The number of nitrogens with one attached hydrogen (secondary N) is 2. The van der Waals surface area contributed by atoms with E-state index in [0.29, 0.717) is 25.2 Å². The van der Waals surface area contributed by atoms with Gasteiger partial charge in [0.2, 0.25) is 5.91 Å². The first-order valence-corrected chi connectivity index (χ1v) is 7.19. The number of anilines is 1. The maximum Gasteiger partial charge on any atom is 0.321 e. The first-order valence-electron chi connectivity index (χ1n) is 7.19. The van der Waals surface area contributed by atoms with Gasteiger partial charge < -0.3 is 15.5 Å². The molecule has 1 aromatic rings. The number of carbonyl (C=O) groups is 2. The van der Waals surface area contributed by atoms with Crippen LogP contribution in [0.25, 0.3) is 0 Å². The van der Waals surface area contributed by atoms with Gasteiger partial charge in [-0.25, -0.2) is 9.18 Å². The molecule has 2 N–H and O–H groups in total. The van der Waals surface area contributed by atoms with Crippen molar-refractivity contribution < 1.29 is 14.0 Å². The van der Waals surface area contributed by atoms with Gasteiger partial charge in [0.1, 0.15) is 5.82 Å². The Balaban J connectivity index is 1.89. The van der Waals surface area contributed by atoms with Crippen LogP contribution in [0.1, 0.15) is 26.2 Å². The van der Waals surface area contributed by atoms with Gasteiger partial charge in [-0.3, -0.25) is 4.79 Å². The van der Waals surface area contributed by atoms with E-state index >= 15 is 0 Å². The van der Waals surface area contributed by atoms with Crippen molar-refractivity contribution in [2.24, 2.45) is 0 Å². The van der Waals surface area contributed by atoms with E-state index in [0.717, 1.165) is 12.8 Å². The second-order valence-electron chi connectivity index (χ2n) is 5.14. The molecule has 0 unspecified atom stereocenters. The molecule has 1 saturated heterocycles. The Kier molecular flexibility index (Phi) is 5.14. The number of benzene rings is 1. The highest BCUT2D eigenvalue weighted by Gasteiger charge is 2.24. The Hall–Kier alpha value is -2.11. The van der Waals surface area contributed by atoms with Crippen molar-refractivity contribution in [3.05, 3.63) is 30.1 Å². The molecule has 114 valence electrons. The molecule has 1 aromatic carbocycles. The number of amides is 3. The first-order chi connectivity index (χ1) is 10.1. The summed E-state index contributed by atoms with van der Waals surface area (Å²) in [6, 6.07) is 5.43. The van der Waals surface area contributed by atoms with Gasteiger partial charge in [0.15, 0.2) is 0 Å². The SMILES string of the molecule is CCC(=O)N[C@H]1CCCN(C(=O)Nc2ccc(F)cc2)C1. The van der Waals surface area contributed by atoms with Crippen molar-refractivity contribution in [2.75, 3.05) is 18.4 Å². The van der Waals surface area contributed by atoms with Crippen LogP contribution in [-0.2, 0) is 4.79 Å². The highest BCUT2D eigenvalue weighted by molar-refractivity contribution is 5.89. The zero-order valence-electron chi connectivity index (χ0n) is 12.1. The number of urea groups is 1. The number of nitrogens with zero attached hydrogens (tertiary/aromatic N) is 1. The molecule has 0 spiro atoms. The molecule has 1 atom stereocenters. The van der Waals surface area contributed by atoms with Crippen LogP contribution in [0.5, 0.6) is 0 Å². The van der Waals surface area contributed by atoms with Gasteiger partial charge in [-0.1, -0.05) is 6.92 Å². The Bertz CT molecular complexity index is 504. The first kappa shape index (κ1) is 15.3. The summed E-state index contributed by atoms with van der Waals surface area (Å²) in [5, 5.41) is 5.65. The molecule has 0 bridgehead atoms. The van der Waals surface area contributed by atoms with Gasteiger partial charge in [0.25, 0.3) is 0 Å². The quantitative estimate of drug-likeness (QED) is 0.898. The van der Waals surface area contributed by atoms with E-state index in [1.54, 1.807) is 11.8 Å². The summed E-state index contributed by atoms with van der Waals surface area (Å²) in [4.78, 5) is 25.2. The highest BCUT2D eigenvalue weighted by Crippen LogP contribution is 2.14. The van der Waals surface area contributed by atoms with Crippen molar-refractivity contribution in [1.82, 2.24) is 10.2 Å². The zero-order valence-corrected chi connectivity index (χ0v) is 12.1. The van der Waals surface area contributed by atoms with Crippen LogP contribution in [0.2, 0.25) is 0 Å². The standard InChI is InChI=1S/C15H20FN3O2/c1-2-14(20)17-13-4-3-9-19(10-13)15(21)18-12-7-5-11(16)6-8-12/h5-8,13H,2-4,9-10H2,1H3,(H,17,20)(H,18,21)/t13-/m0/s1. The summed E-state index contributed by atoms with van der Waals surface area (Å²) in [6.45, 7) is 2.96. The molecule has 0 aliphatic carbocycles. The zero-order chi connectivity index (χ0) is 15.2. The Labute approximate surface area is 123 Å². The molecule has 5 nitrogen and oxygen atoms in total. The lowest BCUT2D eigenvalue weighted by Gasteiger charge is -2.33. The molecule has 0 aromatic heterocycles. The maximum absolute atomic E-state index is 12.8. The van der Waals surface area contributed by atoms with Crippen LogP contribution in [0, 0.1) is 5.82 Å². The number of likely N-dealkylation sites (tertiary alicyclic amines) is 1. The third-order valence-corrected chi connectivity index (χ3v) is 3.49. The molecular weight excluding hydrogens is 273 g/mol. The molecule has 6 heteroatoms. The average Bonchev–Trinajstić information content (AvgIpc) is 2.49. The summed E-state index contributed by atoms with van der Waals surface area (Å²) in [5.74, 6) is -0.339. The fourth-order valence-electron chi connectivity index (χ4n) is 2.34. The third kappa shape index (κ3) is 4.44. The van der Waals surface area contributed by atoms with E-state index in [9.17, 15) is 14.0 Å². The summed E-state index contributed by atoms with van der Waals surface area (Å²) in [6.07, 6.45) is 2.18. The molecular formula is C15H20FN3O2. The second-order valence-corrected chi connectivity index (χ2v) is 5.14. The summed E-state index contributed by atoms with van der Waals surface area (Å²) in [7, 11) is 0. The molecule has 21 heavy (non-hydrogen) atoms. The maximum atomic E-state index is 12.8. The summed E-state index contributed by atoms with van der Waals surface area (Å²) in [5.41, 5.74) is 0.557. The second kappa shape index (κ2) is 7.06. The van der Waals surface area contributed by atoms with Gasteiger partial charge in [0, 0.05) is 31.2 Å². The minimum Gasteiger partial charge on any atom is -0.352 e. The number of halogens is 1. The smallest absolute Gasteiger partial charge is 0.321 e. The molecule has 1 fully saturated rings. The molecule has 0 radical (unpaired) electrons. The van der Waals surface area contributed by atoms with Crippen molar-refractivity contribution in [3.63, 3.8) is 0 Å². The number of hydrogen-bond acceptors (Lipinski definition) is 2. The Morgan fingerprint density at radius 2 is 2.05 bits per heavy atom. The van der Waals surface area contributed by atoms with E-state index in [4.69, 9.17) is 0 Å². The topological polar surface area (TPSA) is 61.4 Å². The lowest BCUT2D eigenvalue weighted by atomic mass is 10.1. The van der Waals surface area contributed by atoms with Gasteiger partial charge in [0.05, 0.1) is 0 Å². The Morgan fingerprint density at radius 1 is 1.33 bits per heavy atom. The van der Waals surface area contributed by atoms with Crippen LogP contribution < -0.4 is 10.6 Å². The number of hydrogen-bond donors (Lipinski definition) is 2. The molecule has 1 heterocycles. The molecule has 2 rings (SSSR count). The normalized spacial score (nSPS) is 18.2. The lowest BCUT2D eigenvalue weighted by Crippen LogP contribution is -2.50. The highest BCUT2D eigenvalue weighted by atomic mass is 19.1. The Morgan fingerprint density at radius 3 is 2.71 bits per heavy atom. The fourth-order valence-corrected chi connectivity index (χ4v) is 2.34. The van der Waals surface area contributed by atoms with Crippen molar-refractivity contribution in [2.45, 2.75) is 32.2 Å². The third-order valence-electron chi connectivity index (χ3n) is 3.49. The van der Waals surface area contributed by atoms with Gasteiger partial charge in [-0.15, -0.1) is 0 Å². The van der Waals surface area contributed by atoms with Crippen LogP contribution in [0.3, 0.4) is 0 Å². The van der Waals surface area contributed by atoms with Crippen molar-refractivity contribution in [3.8, 4) is 0 Å². The monoisotopic (exact) mass is 293 g/mol. The average molecular weight is 293 g/mol. The van der Waals surface area contributed by atoms with Gasteiger partial charge in [-0.2, -0.15) is 0 Å². The molecule has 0 saturated carbocycles. The van der Waals surface area contributed by atoms with E-state index in [2.05, 4.69) is 10.6 Å². The van der Waals surface area contributed by atoms with Crippen LogP contribution in [0.15, 0.2) is 24.3 Å². The fraction of sp³-hybridized carbons (Fsp3) is 0.467. The lowest BCUT2D eigenvalue weighted by molar-refractivity contribution is -0.121. The van der Waals surface area contributed by atoms with Gasteiger partial charge >= 0.3 is 6.03 Å². The minimum atomic E-state index is -0.340. The van der Waals surface area contributed by atoms with Crippen molar-refractivity contribution in [1.29, 1.82) is 0 Å². The number of carbonyl (C=O) groups excluding carboxylic acids is 2. The van der Waals surface area contributed by atoms with Crippen LogP contribution in [0.4, 0.5) is 14.9 Å². The van der Waals surface area contributed by atoms with E-state index in [-0.39, 0.29) is 23.8 Å². The van der Waals surface area contributed by atoms with E-state index < -0.39 is 0 Å². The van der Waals surface area contributed by atoms with Crippen LogP contribution in [-0.4, -0.2) is 36.0 Å². The molecule has 3 amide bonds. The number of rotatable bonds is 3. The predicted molar refractivity (Wildman–Crippen MR) is 78.4 cm³/mol. The summed E-state index contributed by atoms with van der Waals surface area (Å²) < 4.78 is 12.8. The minimum absolute atomic E-state index is 0.000734. The van der Waals surface area contributed by atoms with Crippen molar-refractivity contribution >= 4 is 17.6 Å². The largest absolute Gasteiger partial charge is 0.352 e. The summed E-state index contributed by atoms with van der Waals surface area (Å²) >= 11 is 0. The number of piperidine rings is 1.